The molecule has 110 valence electrons. The molecule has 4 aliphatic rings. The first-order chi connectivity index (χ1) is 11.9. The van der Waals surface area contributed by atoms with Crippen molar-refractivity contribution in [3.8, 4) is 45.9 Å². The molecule has 0 aromatic rings. The Bertz CT molecular complexity index is 914. The summed E-state index contributed by atoms with van der Waals surface area (Å²) in [6.45, 7) is 0. The van der Waals surface area contributed by atoms with Gasteiger partial charge in [0.1, 0.15) is 0 Å². The third-order valence-corrected chi connectivity index (χ3v) is 3.93. The minimum absolute atomic E-state index is 1.00. The molecule has 0 saturated heterocycles. The molecule has 0 amide bonds. The van der Waals surface area contributed by atoms with Crippen molar-refractivity contribution in [1.82, 2.24) is 0 Å². The molecule has 0 aliphatic heterocycles. The van der Waals surface area contributed by atoms with Crippen molar-refractivity contribution in [2.45, 2.75) is 0 Å². The molecule has 4 aliphatic carbocycles. The summed E-state index contributed by atoms with van der Waals surface area (Å²) in [5, 5.41) is 0. The third-order valence-electron chi connectivity index (χ3n) is 3.93. The van der Waals surface area contributed by atoms with Crippen LogP contribution in [-0.4, -0.2) is 0 Å². The Hall–Kier alpha value is -3.48. The maximum Gasteiger partial charge on any atom is 0.0267 e. The molecule has 0 bridgehead atoms. The second kappa shape index (κ2) is 6.33. The average Bonchev–Trinajstić information content (AvgIpc) is 2.99. The number of rotatable bonds is 0. The topological polar surface area (TPSA) is 0 Å². The molecule has 4 rings (SSSR count). The fourth-order valence-corrected chi connectivity index (χ4v) is 2.78. The van der Waals surface area contributed by atoms with Gasteiger partial charge in [-0.05, 0) is 58.4 Å². The lowest BCUT2D eigenvalue weighted by Crippen LogP contribution is -1.64. The van der Waals surface area contributed by atoms with Crippen LogP contribution in [0.15, 0.2) is 84.9 Å². The van der Waals surface area contributed by atoms with Gasteiger partial charge >= 0.3 is 0 Å². The minimum atomic E-state index is 1.00. The van der Waals surface area contributed by atoms with E-state index in [1.807, 2.05) is 36.4 Å². The highest BCUT2D eigenvalue weighted by Crippen LogP contribution is 2.25. The zero-order valence-electron chi connectivity index (χ0n) is 13.1. The van der Waals surface area contributed by atoms with Crippen molar-refractivity contribution >= 4 is 0 Å². The normalized spacial score (nSPS) is 9.83. The van der Waals surface area contributed by atoms with E-state index in [0.29, 0.717) is 0 Å². The van der Waals surface area contributed by atoms with Crippen molar-refractivity contribution in [3.63, 3.8) is 0 Å². The molecule has 0 radical (unpaired) electrons. The fourth-order valence-electron chi connectivity index (χ4n) is 2.78. The van der Waals surface area contributed by atoms with Gasteiger partial charge < -0.3 is 0 Å². The van der Waals surface area contributed by atoms with E-state index < -0.39 is 0 Å². The van der Waals surface area contributed by atoms with Crippen LogP contribution in [0.3, 0.4) is 0 Å². The first kappa shape index (κ1) is 14.1. The van der Waals surface area contributed by atoms with Crippen molar-refractivity contribution in [1.29, 1.82) is 0 Å². The molecule has 0 heteroatoms. The molecule has 0 spiro atoms. The van der Waals surface area contributed by atoms with Gasteiger partial charge in [0.05, 0.1) is 0 Å². The molecule has 0 nitrogen and oxygen atoms in total. The van der Waals surface area contributed by atoms with Crippen molar-refractivity contribution in [2.24, 2.45) is 0 Å². The molecule has 0 atom stereocenters. The molecule has 0 aromatic heterocycles. The monoisotopic (exact) mass is 302 g/mol. The van der Waals surface area contributed by atoms with Gasteiger partial charge in [0.25, 0.3) is 0 Å². The van der Waals surface area contributed by atoms with Crippen LogP contribution >= 0.6 is 0 Å². The first-order valence-electron chi connectivity index (χ1n) is 7.88. The highest BCUT2D eigenvalue weighted by atomic mass is 14.1. The molecule has 0 N–H and O–H groups in total. The van der Waals surface area contributed by atoms with E-state index >= 15 is 0 Å². The fraction of sp³-hybridized carbons (Fsp3) is 0. The lowest BCUT2D eigenvalue weighted by Gasteiger charge is -1.85. The quantitative estimate of drug-likeness (QED) is 0.387. The number of hydrogen-bond donors (Lipinski definition) is 0. The summed E-state index contributed by atoms with van der Waals surface area (Å²) in [6.07, 6.45) is 0. The number of fused-ring (bicyclic) bond motifs is 2. The van der Waals surface area contributed by atoms with Crippen molar-refractivity contribution in [2.75, 3.05) is 0 Å². The Morgan fingerprint density at radius 1 is 0.417 bits per heavy atom. The second-order valence-electron chi connectivity index (χ2n) is 5.63. The predicted molar refractivity (Wildman–Crippen MR) is 99.9 cm³/mol. The van der Waals surface area contributed by atoms with Gasteiger partial charge in [0, 0.05) is 11.1 Å². The zero-order valence-corrected chi connectivity index (χ0v) is 13.1. The summed E-state index contributed by atoms with van der Waals surface area (Å²) in [4.78, 5) is 0. The second-order valence-corrected chi connectivity index (χ2v) is 5.63. The molecule has 0 fully saturated rings. The van der Waals surface area contributed by atoms with Gasteiger partial charge in [-0.3, -0.25) is 0 Å². The van der Waals surface area contributed by atoms with Gasteiger partial charge in [0.15, 0.2) is 0 Å². The Morgan fingerprint density at radius 3 is 1.08 bits per heavy atom. The molecular weight excluding hydrogens is 288 g/mol. The van der Waals surface area contributed by atoms with Gasteiger partial charge in [-0.2, -0.15) is 0 Å². The Kier molecular flexibility index (Phi) is 3.73. The number of hydrogen-bond acceptors (Lipinski definition) is 0. The van der Waals surface area contributed by atoms with E-state index in [1.165, 1.54) is 22.3 Å². The Balaban J connectivity index is 1.59. The molecule has 0 saturated carbocycles. The summed E-state index contributed by atoms with van der Waals surface area (Å²) in [5.41, 5.74) is 6.81. The average molecular weight is 302 g/mol. The summed E-state index contributed by atoms with van der Waals surface area (Å²) in [6, 6.07) is 29.0. The highest BCUT2D eigenvalue weighted by Gasteiger charge is 2.02. The van der Waals surface area contributed by atoms with Crippen molar-refractivity contribution < 1.29 is 0 Å². The molecule has 0 aromatic carbocycles. The van der Waals surface area contributed by atoms with E-state index in [2.05, 4.69) is 72.2 Å². The Labute approximate surface area is 142 Å². The van der Waals surface area contributed by atoms with Crippen LogP contribution in [-0.2, 0) is 0 Å². The maximum absolute atomic E-state index is 3.13. The lowest BCUT2D eigenvalue weighted by molar-refractivity contribution is 1.81. The SMILES string of the molecule is C(C#Cc1cc2cccccc-2c1)#Cc1cc2cccccc-2c1. The van der Waals surface area contributed by atoms with Crippen LogP contribution in [0, 0.1) is 23.7 Å². The third kappa shape index (κ3) is 3.00. The first-order valence-corrected chi connectivity index (χ1v) is 7.88. The van der Waals surface area contributed by atoms with Gasteiger partial charge in [-0.15, -0.1) is 0 Å². The van der Waals surface area contributed by atoms with E-state index in [9.17, 15) is 0 Å². The van der Waals surface area contributed by atoms with E-state index in [0.717, 1.165) is 11.1 Å². The van der Waals surface area contributed by atoms with E-state index in [4.69, 9.17) is 0 Å². The van der Waals surface area contributed by atoms with Gasteiger partial charge in [-0.1, -0.05) is 72.5 Å². The molecule has 24 heavy (non-hydrogen) atoms. The van der Waals surface area contributed by atoms with Gasteiger partial charge in [0.2, 0.25) is 0 Å². The summed E-state index contributed by atoms with van der Waals surface area (Å²) < 4.78 is 0. The predicted octanol–water partition coefficient (Wildman–Crippen LogP) is 5.30. The van der Waals surface area contributed by atoms with Crippen LogP contribution < -0.4 is 0 Å². The molecular formula is C24H14. The van der Waals surface area contributed by atoms with Crippen LogP contribution in [0.4, 0.5) is 0 Å². The van der Waals surface area contributed by atoms with Crippen molar-refractivity contribution in [3.05, 3.63) is 96.1 Å². The van der Waals surface area contributed by atoms with E-state index in [1.54, 1.807) is 0 Å². The minimum Gasteiger partial charge on any atom is -0.0622 e. The van der Waals surface area contributed by atoms with Crippen LogP contribution in [0.5, 0.6) is 0 Å². The standard InChI is InChI=1S/C24H14/c1-3-11-21-15-19(16-22(21)12-4-1)9-7-8-10-20-17-23-13-5-2-6-14-24(23)18-20/h1-6,11-18H. The smallest absolute Gasteiger partial charge is 0.0267 e. The maximum atomic E-state index is 3.13. The van der Waals surface area contributed by atoms with Gasteiger partial charge in [-0.25, -0.2) is 0 Å². The molecule has 0 heterocycles. The van der Waals surface area contributed by atoms with Crippen LogP contribution in [0.2, 0.25) is 0 Å². The molecule has 0 unspecified atom stereocenters. The summed E-state index contributed by atoms with van der Waals surface area (Å²) in [7, 11) is 0. The largest absolute Gasteiger partial charge is 0.0622 e. The van der Waals surface area contributed by atoms with Crippen LogP contribution in [0.1, 0.15) is 11.1 Å². The highest BCUT2D eigenvalue weighted by molar-refractivity contribution is 5.72. The van der Waals surface area contributed by atoms with Crippen LogP contribution in [0.25, 0.3) is 22.3 Å². The zero-order chi connectivity index (χ0) is 16.2. The summed E-state index contributed by atoms with van der Waals surface area (Å²) >= 11 is 0. The lowest BCUT2D eigenvalue weighted by atomic mass is 10.2. The van der Waals surface area contributed by atoms with E-state index in [-0.39, 0.29) is 0 Å². The summed E-state index contributed by atoms with van der Waals surface area (Å²) in [5.74, 6) is 12.2. The Morgan fingerprint density at radius 2 is 0.750 bits per heavy atom.